The Morgan fingerprint density at radius 3 is 2.57 bits per heavy atom. The number of aromatic nitrogens is 4. The molecule has 0 amide bonds. The summed E-state index contributed by atoms with van der Waals surface area (Å²) in [6.07, 6.45) is 2.19. The van der Waals surface area contributed by atoms with Crippen molar-refractivity contribution in [3.63, 3.8) is 0 Å². The maximum absolute atomic E-state index is 12.8. The first-order chi connectivity index (χ1) is 14.5. The minimum atomic E-state index is -4.45. The topological polar surface area (TPSA) is 56.1 Å². The second-order valence-corrected chi connectivity index (χ2v) is 8.05. The molecule has 9 heteroatoms. The van der Waals surface area contributed by atoms with Gasteiger partial charge in [-0.15, -0.1) is 0 Å². The van der Waals surface area contributed by atoms with Crippen molar-refractivity contribution in [1.82, 2.24) is 24.6 Å². The summed E-state index contributed by atoms with van der Waals surface area (Å²) in [6, 6.07) is 2.98. The van der Waals surface area contributed by atoms with Crippen LogP contribution >= 0.6 is 0 Å². The molecule has 1 aliphatic heterocycles. The predicted molar refractivity (Wildman–Crippen MR) is 106 cm³/mol. The number of hydrogen-bond acceptors (Lipinski definition) is 5. The van der Waals surface area contributed by atoms with Gasteiger partial charge in [-0.05, 0) is 51.2 Å². The fourth-order valence-electron chi connectivity index (χ4n) is 4.53. The third kappa shape index (κ3) is 4.67. The van der Waals surface area contributed by atoms with Crippen LogP contribution in [0, 0.1) is 0 Å². The highest BCUT2D eigenvalue weighted by molar-refractivity contribution is 5.53. The number of pyridine rings is 1. The van der Waals surface area contributed by atoms with Crippen molar-refractivity contribution >= 4 is 0 Å². The molecule has 0 radical (unpaired) electrons. The van der Waals surface area contributed by atoms with Crippen LogP contribution in [0.2, 0.25) is 0 Å². The van der Waals surface area contributed by atoms with Crippen LogP contribution in [0.25, 0.3) is 11.4 Å². The van der Waals surface area contributed by atoms with Gasteiger partial charge in [0.05, 0.1) is 6.61 Å². The lowest BCUT2D eigenvalue weighted by atomic mass is 9.84. The summed E-state index contributed by atoms with van der Waals surface area (Å²) >= 11 is 0. The van der Waals surface area contributed by atoms with Gasteiger partial charge < -0.3 is 4.74 Å². The zero-order valence-electron chi connectivity index (χ0n) is 17.2. The van der Waals surface area contributed by atoms with Crippen molar-refractivity contribution in [1.29, 1.82) is 0 Å². The van der Waals surface area contributed by atoms with Crippen molar-refractivity contribution in [2.75, 3.05) is 26.3 Å². The van der Waals surface area contributed by atoms with E-state index in [1.165, 1.54) is 12.3 Å². The van der Waals surface area contributed by atoms with Crippen LogP contribution in [0.3, 0.4) is 0 Å². The molecule has 2 aliphatic rings. The summed E-state index contributed by atoms with van der Waals surface area (Å²) in [6.45, 7) is 6.47. The molecule has 2 aromatic rings. The molecule has 0 spiro atoms. The molecule has 2 fully saturated rings. The van der Waals surface area contributed by atoms with Gasteiger partial charge in [0.2, 0.25) is 0 Å². The fraction of sp³-hybridized carbons (Fsp3) is 0.667. The minimum Gasteiger partial charge on any atom is -0.380 e. The zero-order valence-corrected chi connectivity index (χ0v) is 17.2. The normalized spacial score (nSPS) is 24.0. The molecule has 0 unspecified atom stereocenters. The molecule has 2 aromatic heterocycles. The maximum atomic E-state index is 12.8. The molecule has 164 valence electrons. The van der Waals surface area contributed by atoms with E-state index in [2.05, 4.69) is 15.0 Å². The molecule has 30 heavy (non-hydrogen) atoms. The van der Waals surface area contributed by atoms with E-state index in [-0.39, 0.29) is 0 Å². The van der Waals surface area contributed by atoms with Crippen molar-refractivity contribution < 1.29 is 17.9 Å². The standard InChI is InChI=1S/C21H28F3N5O/c1-2-29-20(15-4-7-17(8-5-15)28-10-3-12-30-13-11-28)26-19(27-29)16-6-9-18(25-14-16)21(22,23)24/h6,9,14-15,17H,2-5,7-8,10-13H2,1H3. The number of nitrogens with zero attached hydrogens (tertiary/aromatic N) is 5. The van der Waals surface area contributed by atoms with Crippen LogP contribution < -0.4 is 0 Å². The average molecular weight is 423 g/mol. The van der Waals surface area contributed by atoms with Gasteiger partial charge in [-0.2, -0.15) is 18.3 Å². The van der Waals surface area contributed by atoms with Crippen molar-refractivity contribution in [3.8, 4) is 11.4 Å². The number of aryl methyl sites for hydroxylation is 1. The first-order valence-corrected chi connectivity index (χ1v) is 10.8. The average Bonchev–Trinajstić information content (AvgIpc) is 3.00. The summed E-state index contributed by atoms with van der Waals surface area (Å²) in [5.74, 6) is 1.71. The first-order valence-electron chi connectivity index (χ1n) is 10.8. The van der Waals surface area contributed by atoms with E-state index >= 15 is 0 Å². The smallest absolute Gasteiger partial charge is 0.380 e. The SMILES string of the molecule is CCn1nc(-c2ccc(C(F)(F)F)nc2)nc1C1CCC(N2CCCOCC2)CC1. The van der Waals surface area contributed by atoms with Gasteiger partial charge >= 0.3 is 6.18 Å². The number of rotatable bonds is 4. The van der Waals surface area contributed by atoms with Crippen molar-refractivity contribution in [2.24, 2.45) is 0 Å². The Hall–Kier alpha value is -2.00. The Kier molecular flexibility index (Phi) is 6.38. The molecule has 1 aliphatic carbocycles. The van der Waals surface area contributed by atoms with Gasteiger partial charge in [0.1, 0.15) is 11.5 Å². The molecular formula is C21H28F3N5O. The molecule has 1 saturated heterocycles. The van der Waals surface area contributed by atoms with Gasteiger partial charge in [-0.3, -0.25) is 9.88 Å². The highest BCUT2D eigenvalue weighted by Gasteiger charge is 2.33. The third-order valence-corrected chi connectivity index (χ3v) is 6.15. The molecule has 0 atom stereocenters. The Morgan fingerprint density at radius 1 is 1.10 bits per heavy atom. The molecule has 0 aromatic carbocycles. The fourth-order valence-corrected chi connectivity index (χ4v) is 4.53. The number of halogens is 3. The van der Waals surface area contributed by atoms with E-state index in [0.29, 0.717) is 29.9 Å². The summed E-state index contributed by atoms with van der Waals surface area (Å²) in [5, 5.41) is 4.54. The van der Waals surface area contributed by atoms with Gasteiger partial charge in [-0.1, -0.05) is 0 Å². The number of alkyl halides is 3. The largest absolute Gasteiger partial charge is 0.433 e. The van der Waals surface area contributed by atoms with Crippen molar-refractivity contribution in [3.05, 3.63) is 29.8 Å². The molecule has 6 nitrogen and oxygen atoms in total. The van der Waals surface area contributed by atoms with Gasteiger partial charge in [0.15, 0.2) is 5.82 Å². The monoisotopic (exact) mass is 423 g/mol. The molecule has 0 N–H and O–H groups in total. The quantitative estimate of drug-likeness (QED) is 0.740. The first kappa shape index (κ1) is 21.2. The Balaban J connectivity index is 1.45. The van der Waals surface area contributed by atoms with E-state index in [1.54, 1.807) is 0 Å². The zero-order chi connectivity index (χ0) is 21.1. The van der Waals surface area contributed by atoms with Gasteiger partial charge in [0.25, 0.3) is 0 Å². The van der Waals surface area contributed by atoms with Crippen molar-refractivity contribution in [2.45, 2.75) is 63.7 Å². The molecule has 0 bridgehead atoms. The van der Waals surface area contributed by atoms with E-state index < -0.39 is 11.9 Å². The lowest BCUT2D eigenvalue weighted by molar-refractivity contribution is -0.141. The third-order valence-electron chi connectivity index (χ3n) is 6.15. The highest BCUT2D eigenvalue weighted by atomic mass is 19.4. The van der Waals surface area contributed by atoms with Crippen LogP contribution in [0.1, 0.15) is 56.5 Å². The Bertz CT molecular complexity index is 820. The second kappa shape index (κ2) is 9.01. The van der Waals surface area contributed by atoms with E-state index in [4.69, 9.17) is 9.72 Å². The number of ether oxygens (including phenoxy) is 1. The second-order valence-electron chi connectivity index (χ2n) is 8.05. The number of hydrogen-bond donors (Lipinski definition) is 0. The highest BCUT2D eigenvalue weighted by Crippen LogP contribution is 2.35. The summed E-state index contributed by atoms with van der Waals surface area (Å²) < 4.78 is 45.8. The molecule has 4 rings (SSSR count). The van der Waals surface area contributed by atoms with Crippen LogP contribution in [0.4, 0.5) is 13.2 Å². The van der Waals surface area contributed by atoms with E-state index in [0.717, 1.165) is 70.3 Å². The molecule has 3 heterocycles. The lowest BCUT2D eigenvalue weighted by Gasteiger charge is -2.35. The predicted octanol–water partition coefficient (Wildman–Crippen LogP) is 4.13. The molecule has 1 saturated carbocycles. The molecular weight excluding hydrogens is 395 g/mol. The summed E-state index contributed by atoms with van der Waals surface area (Å²) in [7, 11) is 0. The summed E-state index contributed by atoms with van der Waals surface area (Å²) in [5.41, 5.74) is -0.395. The summed E-state index contributed by atoms with van der Waals surface area (Å²) in [4.78, 5) is 10.8. The van der Waals surface area contributed by atoms with E-state index in [9.17, 15) is 13.2 Å². The Morgan fingerprint density at radius 2 is 1.90 bits per heavy atom. The van der Waals surface area contributed by atoms with E-state index in [1.807, 2.05) is 11.6 Å². The van der Waals surface area contributed by atoms with Gasteiger partial charge in [-0.25, -0.2) is 9.67 Å². The van der Waals surface area contributed by atoms with Gasteiger partial charge in [0, 0.05) is 50.0 Å². The Labute approximate surface area is 174 Å². The van der Waals surface area contributed by atoms with Crippen LogP contribution in [0.15, 0.2) is 18.3 Å². The maximum Gasteiger partial charge on any atom is 0.433 e. The van der Waals surface area contributed by atoms with Crippen LogP contribution in [-0.4, -0.2) is 57.0 Å². The van der Waals surface area contributed by atoms with Crippen LogP contribution in [0.5, 0.6) is 0 Å². The lowest BCUT2D eigenvalue weighted by Crippen LogP contribution is -2.39. The van der Waals surface area contributed by atoms with Crippen LogP contribution in [-0.2, 0) is 17.5 Å². The minimum absolute atomic E-state index is 0.327.